The molecule has 1 aromatic carbocycles. The SMILES string of the molecule is CCCN(CC)CC(NC)c1ccccc1C. The molecule has 2 heteroatoms. The van der Waals surface area contributed by atoms with Gasteiger partial charge < -0.3 is 10.2 Å². The quantitative estimate of drug-likeness (QED) is 0.780. The summed E-state index contributed by atoms with van der Waals surface area (Å²) in [6.07, 6.45) is 1.22. The third-order valence-electron chi connectivity index (χ3n) is 3.34. The molecule has 0 fully saturated rings. The predicted molar refractivity (Wildman–Crippen MR) is 75.4 cm³/mol. The van der Waals surface area contributed by atoms with Gasteiger partial charge in [0.2, 0.25) is 0 Å². The lowest BCUT2D eigenvalue weighted by atomic mass is 10.0. The highest BCUT2D eigenvalue weighted by molar-refractivity contribution is 5.28. The number of hydrogen-bond donors (Lipinski definition) is 1. The summed E-state index contributed by atoms with van der Waals surface area (Å²) < 4.78 is 0. The van der Waals surface area contributed by atoms with E-state index in [1.807, 2.05) is 0 Å². The summed E-state index contributed by atoms with van der Waals surface area (Å²) in [7, 11) is 2.05. The number of likely N-dealkylation sites (N-methyl/N-ethyl adjacent to an activating group) is 2. The van der Waals surface area contributed by atoms with Crippen molar-refractivity contribution in [3.8, 4) is 0 Å². The molecule has 0 radical (unpaired) electrons. The topological polar surface area (TPSA) is 15.3 Å². The van der Waals surface area contributed by atoms with E-state index < -0.39 is 0 Å². The Labute approximate surface area is 106 Å². The molecule has 0 aliphatic carbocycles. The Morgan fingerprint density at radius 3 is 2.47 bits per heavy atom. The highest BCUT2D eigenvalue weighted by Crippen LogP contribution is 2.18. The molecule has 17 heavy (non-hydrogen) atoms. The van der Waals surface area contributed by atoms with E-state index in [-0.39, 0.29) is 0 Å². The Bertz CT molecular complexity index is 322. The lowest BCUT2D eigenvalue weighted by Gasteiger charge is -2.27. The monoisotopic (exact) mass is 234 g/mol. The number of hydrogen-bond acceptors (Lipinski definition) is 2. The Balaban J connectivity index is 2.74. The van der Waals surface area contributed by atoms with Crippen molar-refractivity contribution in [1.29, 1.82) is 0 Å². The number of nitrogens with one attached hydrogen (secondary N) is 1. The standard InChI is InChI=1S/C15H26N2/c1-5-11-17(6-2)12-15(16-4)14-10-8-7-9-13(14)3/h7-10,15-16H,5-6,11-12H2,1-4H3. The maximum absolute atomic E-state index is 3.44. The molecule has 0 saturated carbocycles. The van der Waals surface area contributed by atoms with Crippen LogP contribution in [0.2, 0.25) is 0 Å². The van der Waals surface area contributed by atoms with Gasteiger partial charge in [-0.1, -0.05) is 38.1 Å². The molecule has 0 aromatic heterocycles. The Hall–Kier alpha value is -0.860. The second-order valence-corrected chi connectivity index (χ2v) is 4.59. The third kappa shape index (κ3) is 4.14. The fraction of sp³-hybridized carbons (Fsp3) is 0.600. The van der Waals surface area contributed by atoms with Gasteiger partial charge in [-0.15, -0.1) is 0 Å². The minimum Gasteiger partial charge on any atom is -0.312 e. The first kappa shape index (κ1) is 14.2. The van der Waals surface area contributed by atoms with Crippen molar-refractivity contribution in [3.05, 3.63) is 35.4 Å². The van der Waals surface area contributed by atoms with E-state index in [0.717, 1.165) is 13.1 Å². The highest BCUT2D eigenvalue weighted by Gasteiger charge is 2.14. The molecule has 1 aromatic rings. The van der Waals surface area contributed by atoms with Crippen LogP contribution >= 0.6 is 0 Å². The zero-order valence-corrected chi connectivity index (χ0v) is 11.7. The summed E-state index contributed by atoms with van der Waals surface area (Å²) in [5, 5.41) is 3.44. The van der Waals surface area contributed by atoms with E-state index in [1.54, 1.807) is 0 Å². The second kappa shape index (κ2) is 7.46. The zero-order chi connectivity index (χ0) is 12.7. The largest absolute Gasteiger partial charge is 0.312 e. The molecule has 0 saturated heterocycles. The Morgan fingerprint density at radius 2 is 1.94 bits per heavy atom. The van der Waals surface area contributed by atoms with Crippen LogP contribution in [0.15, 0.2) is 24.3 Å². The van der Waals surface area contributed by atoms with Gasteiger partial charge in [-0.3, -0.25) is 0 Å². The molecule has 0 bridgehead atoms. The summed E-state index contributed by atoms with van der Waals surface area (Å²) in [4.78, 5) is 2.51. The van der Waals surface area contributed by atoms with Crippen LogP contribution in [0.5, 0.6) is 0 Å². The van der Waals surface area contributed by atoms with Crippen LogP contribution in [0.3, 0.4) is 0 Å². The lowest BCUT2D eigenvalue weighted by Crippen LogP contribution is -2.34. The Morgan fingerprint density at radius 1 is 1.24 bits per heavy atom. The molecule has 1 N–H and O–H groups in total. The van der Waals surface area contributed by atoms with Gasteiger partial charge in [-0.05, 0) is 44.6 Å². The van der Waals surface area contributed by atoms with Crippen LogP contribution in [-0.2, 0) is 0 Å². The van der Waals surface area contributed by atoms with Crippen LogP contribution in [0.25, 0.3) is 0 Å². The molecule has 0 amide bonds. The van der Waals surface area contributed by atoms with Gasteiger partial charge in [0.1, 0.15) is 0 Å². The maximum atomic E-state index is 3.44. The van der Waals surface area contributed by atoms with Crippen molar-refractivity contribution in [2.75, 3.05) is 26.7 Å². The van der Waals surface area contributed by atoms with Crippen molar-refractivity contribution in [3.63, 3.8) is 0 Å². The summed E-state index contributed by atoms with van der Waals surface area (Å²) >= 11 is 0. The summed E-state index contributed by atoms with van der Waals surface area (Å²) in [5.74, 6) is 0. The van der Waals surface area contributed by atoms with Crippen molar-refractivity contribution >= 4 is 0 Å². The van der Waals surface area contributed by atoms with Gasteiger partial charge in [0.05, 0.1) is 0 Å². The molecule has 0 aliphatic rings. The molecule has 96 valence electrons. The van der Waals surface area contributed by atoms with Gasteiger partial charge in [0.25, 0.3) is 0 Å². The average molecular weight is 234 g/mol. The van der Waals surface area contributed by atoms with Gasteiger partial charge in [-0.25, -0.2) is 0 Å². The summed E-state index contributed by atoms with van der Waals surface area (Å²) in [6, 6.07) is 9.09. The fourth-order valence-corrected chi connectivity index (χ4v) is 2.28. The minimum absolute atomic E-state index is 0.433. The predicted octanol–water partition coefficient (Wildman–Crippen LogP) is 2.99. The van der Waals surface area contributed by atoms with E-state index in [0.29, 0.717) is 6.04 Å². The molecule has 0 aliphatic heterocycles. The number of nitrogens with zero attached hydrogens (tertiary/aromatic N) is 1. The fourth-order valence-electron chi connectivity index (χ4n) is 2.28. The zero-order valence-electron chi connectivity index (χ0n) is 11.7. The molecule has 2 nitrogen and oxygen atoms in total. The first-order valence-corrected chi connectivity index (χ1v) is 6.68. The van der Waals surface area contributed by atoms with E-state index in [4.69, 9.17) is 0 Å². The van der Waals surface area contributed by atoms with Gasteiger partial charge in [0.15, 0.2) is 0 Å². The average Bonchev–Trinajstić information content (AvgIpc) is 2.35. The van der Waals surface area contributed by atoms with Crippen molar-refractivity contribution in [1.82, 2.24) is 10.2 Å². The molecular weight excluding hydrogens is 208 g/mol. The second-order valence-electron chi connectivity index (χ2n) is 4.59. The van der Waals surface area contributed by atoms with Crippen LogP contribution in [0, 0.1) is 6.92 Å². The molecule has 0 spiro atoms. The van der Waals surface area contributed by atoms with Crippen molar-refractivity contribution < 1.29 is 0 Å². The maximum Gasteiger partial charge on any atom is 0.0449 e. The van der Waals surface area contributed by atoms with E-state index >= 15 is 0 Å². The van der Waals surface area contributed by atoms with Crippen molar-refractivity contribution in [2.45, 2.75) is 33.2 Å². The van der Waals surface area contributed by atoms with Gasteiger partial charge in [0, 0.05) is 12.6 Å². The van der Waals surface area contributed by atoms with Crippen molar-refractivity contribution in [2.24, 2.45) is 0 Å². The molecule has 1 rings (SSSR count). The number of aryl methyl sites for hydroxylation is 1. The van der Waals surface area contributed by atoms with E-state index in [9.17, 15) is 0 Å². The van der Waals surface area contributed by atoms with E-state index in [2.05, 4.69) is 62.3 Å². The lowest BCUT2D eigenvalue weighted by molar-refractivity contribution is 0.258. The molecule has 1 unspecified atom stereocenters. The van der Waals surface area contributed by atoms with Crippen LogP contribution in [-0.4, -0.2) is 31.6 Å². The molecule has 0 heterocycles. The summed E-state index contributed by atoms with van der Waals surface area (Å²) in [6.45, 7) is 10.1. The first-order valence-electron chi connectivity index (χ1n) is 6.68. The first-order chi connectivity index (χ1) is 8.22. The third-order valence-corrected chi connectivity index (χ3v) is 3.34. The van der Waals surface area contributed by atoms with Crippen LogP contribution in [0.4, 0.5) is 0 Å². The molecule has 1 atom stereocenters. The molecular formula is C15H26N2. The summed E-state index contributed by atoms with van der Waals surface area (Å²) in [5.41, 5.74) is 2.80. The van der Waals surface area contributed by atoms with Gasteiger partial charge >= 0.3 is 0 Å². The van der Waals surface area contributed by atoms with Crippen LogP contribution in [0.1, 0.15) is 37.4 Å². The minimum atomic E-state index is 0.433. The van der Waals surface area contributed by atoms with Gasteiger partial charge in [-0.2, -0.15) is 0 Å². The number of rotatable bonds is 7. The smallest absolute Gasteiger partial charge is 0.0449 e. The Kier molecular flexibility index (Phi) is 6.23. The van der Waals surface area contributed by atoms with Crippen LogP contribution < -0.4 is 5.32 Å². The highest BCUT2D eigenvalue weighted by atomic mass is 15.1. The van der Waals surface area contributed by atoms with E-state index in [1.165, 1.54) is 24.1 Å². The number of benzene rings is 1. The normalized spacial score (nSPS) is 13.0.